The second kappa shape index (κ2) is 6.55. The highest BCUT2D eigenvalue weighted by Crippen LogP contribution is 2.56. The zero-order valence-electron chi connectivity index (χ0n) is 16.2. The fourth-order valence-corrected chi connectivity index (χ4v) is 6.37. The average molecular weight is 472 g/mol. The normalized spacial score (nSPS) is 31.9. The van der Waals surface area contributed by atoms with Crippen molar-refractivity contribution in [3.05, 3.63) is 39.4 Å². The van der Waals surface area contributed by atoms with Gasteiger partial charge in [-0.1, -0.05) is 0 Å². The van der Waals surface area contributed by atoms with E-state index in [0.717, 1.165) is 35.2 Å². The number of halogens is 1. The molecule has 2 unspecified atom stereocenters. The molecule has 4 fully saturated rings. The fourth-order valence-electron chi connectivity index (χ4n) is 6.06. The van der Waals surface area contributed by atoms with Crippen LogP contribution in [0.5, 0.6) is 0 Å². The molecule has 156 valence electrons. The number of aliphatic hydroxyl groups is 1. The van der Waals surface area contributed by atoms with Gasteiger partial charge in [0.2, 0.25) is 5.95 Å². The summed E-state index contributed by atoms with van der Waals surface area (Å²) < 4.78 is 5.86. The third-order valence-electron chi connectivity index (χ3n) is 6.96. The van der Waals surface area contributed by atoms with E-state index in [1.807, 2.05) is 6.07 Å². The molecule has 7 rings (SSSR count). The van der Waals surface area contributed by atoms with E-state index in [0.29, 0.717) is 40.8 Å². The van der Waals surface area contributed by atoms with Gasteiger partial charge in [0, 0.05) is 17.9 Å². The number of aromatic amines is 1. The number of rotatable bonds is 4. The molecule has 2 heterocycles. The van der Waals surface area contributed by atoms with Crippen LogP contribution in [-0.4, -0.2) is 31.7 Å². The van der Waals surface area contributed by atoms with Crippen molar-refractivity contribution in [3.8, 4) is 0 Å². The summed E-state index contributed by atoms with van der Waals surface area (Å²) in [6.45, 7) is 0. The number of aromatic nitrogens is 3. The van der Waals surface area contributed by atoms with Crippen molar-refractivity contribution in [2.24, 2.45) is 17.8 Å². The van der Waals surface area contributed by atoms with Crippen LogP contribution in [0.1, 0.15) is 32.1 Å². The number of hydrogen-bond acceptors (Lipinski definition) is 7. The summed E-state index contributed by atoms with van der Waals surface area (Å²) in [5.41, 5.74) is 1.43. The Balaban J connectivity index is 1.24. The Hall–Kier alpha value is -2.39. The number of fused-ring (bicyclic) bond motifs is 1. The minimum atomic E-state index is -0.478. The molecule has 0 amide bonds. The standard InChI is InChI=1S/C21H22BrN5O3/c22-14-9-23-19(24-13-1-2-16-15(5-13)25-20(28)30-16)27-18(14)26-17-11-3-10-4-12(17)8-21(29,6-10)7-11/h1-2,5,9-12,17,29H,3-4,6-8H2,(H,25,28)(H2,23,24,26,27). The van der Waals surface area contributed by atoms with Gasteiger partial charge >= 0.3 is 5.76 Å². The Morgan fingerprint density at radius 1 is 1.23 bits per heavy atom. The van der Waals surface area contributed by atoms with Crippen LogP contribution < -0.4 is 16.4 Å². The minimum absolute atomic E-state index is 0.327. The number of oxazole rings is 1. The molecule has 0 radical (unpaired) electrons. The second-order valence-corrected chi connectivity index (χ2v) is 9.96. The first kappa shape index (κ1) is 18.4. The Morgan fingerprint density at radius 3 is 2.80 bits per heavy atom. The molecule has 0 aliphatic heterocycles. The Labute approximate surface area is 180 Å². The maximum Gasteiger partial charge on any atom is 0.417 e. The Bertz CT molecular complexity index is 1170. The SMILES string of the molecule is O=c1[nH]c2cc(Nc3ncc(Br)c(NC4C5CC6CC4CC(O)(C6)C5)n3)ccc2o1. The van der Waals surface area contributed by atoms with Gasteiger partial charge < -0.3 is 20.2 Å². The van der Waals surface area contributed by atoms with Crippen molar-refractivity contribution in [2.45, 2.75) is 43.7 Å². The lowest BCUT2D eigenvalue weighted by Crippen LogP contribution is -2.59. The van der Waals surface area contributed by atoms with Gasteiger partial charge in [-0.05, 0) is 84.0 Å². The van der Waals surface area contributed by atoms with Crippen molar-refractivity contribution in [1.82, 2.24) is 15.0 Å². The number of benzene rings is 1. The maximum absolute atomic E-state index is 11.4. The Morgan fingerprint density at radius 2 is 2.03 bits per heavy atom. The predicted molar refractivity (Wildman–Crippen MR) is 116 cm³/mol. The van der Waals surface area contributed by atoms with Crippen LogP contribution in [0.15, 0.2) is 38.1 Å². The van der Waals surface area contributed by atoms with Crippen LogP contribution in [0.3, 0.4) is 0 Å². The molecule has 30 heavy (non-hydrogen) atoms. The third-order valence-corrected chi connectivity index (χ3v) is 7.54. The summed E-state index contributed by atoms with van der Waals surface area (Å²) in [6.07, 6.45) is 6.85. The van der Waals surface area contributed by atoms with Crippen LogP contribution in [0.25, 0.3) is 11.1 Å². The highest BCUT2D eigenvalue weighted by molar-refractivity contribution is 9.10. The molecule has 0 spiro atoms. The van der Waals surface area contributed by atoms with Gasteiger partial charge in [0.1, 0.15) is 5.82 Å². The third kappa shape index (κ3) is 3.11. The van der Waals surface area contributed by atoms with Gasteiger partial charge in [0.15, 0.2) is 5.58 Å². The maximum atomic E-state index is 11.4. The van der Waals surface area contributed by atoms with Crippen molar-refractivity contribution in [3.63, 3.8) is 0 Å². The topological polar surface area (TPSA) is 116 Å². The molecule has 0 saturated heterocycles. The van der Waals surface area contributed by atoms with Crippen molar-refractivity contribution in [1.29, 1.82) is 0 Å². The molecule has 1 aromatic carbocycles. The number of nitrogens with zero attached hydrogens (tertiary/aromatic N) is 2. The second-order valence-electron chi connectivity index (χ2n) is 9.11. The van der Waals surface area contributed by atoms with Crippen LogP contribution in [0.4, 0.5) is 17.5 Å². The minimum Gasteiger partial charge on any atom is -0.408 e. The summed E-state index contributed by atoms with van der Waals surface area (Å²) in [5.74, 6) is 2.39. The summed E-state index contributed by atoms with van der Waals surface area (Å²) in [7, 11) is 0. The molecular formula is C21H22BrN5O3. The Kier molecular flexibility index (Phi) is 4.02. The summed E-state index contributed by atoms with van der Waals surface area (Å²) in [4.78, 5) is 23.1. The smallest absolute Gasteiger partial charge is 0.408 e. The van der Waals surface area contributed by atoms with Crippen molar-refractivity contribution >= 4 is 44.5 Å². The van der Waals surface area contributed by atoms with Crippen molar-refractivity contribution < 1.29 is 9.52 Å². The lowest BCUT2D eigenvalue weighted by atomic mass is 9.52. The van der Waals surface area contributed by atoms with Gasteiger partial charge in [0.05, 0.1) is 15.6 Å². The first-order valence-electron chi connectivity index (χ1n) is 10.4. The summed E-state index contributed by atoms with van der Waals surface area (Å²) in [5, 5.41) is 17.7. The molecule has 4 saturated carbocycles. The number of anilines is 3. The van der Waals surface area contributed by atoms with Crippen LogP contribution in [-0.2, 0) is 0 Å². The van der Waals surface area contributed by atoms with Gasteiger partial charge in [-0.2, -0.15) is 4.98 Å². The molecule has 2 aromatic heterocycles. The van der Waals surface area contributed by atoms with Gasteiger partial charge in [0.25, 0.3) is 0 Å². The molecule has 2 atom stereocenters. The molecule has 4 aliphatic carbocycles. The molecule has 4 N–H and O–H groups in total. The fraction of sp³-hybridized carbons (Fsp3) is 0.476. The predicted octanol–water partition coefficient (Wildman–Crippen LogP) is 3.77. The van der Waals surface area contributed by atoms with Crippen molar-refractivity contribution in [2.75, 3.05) is 10.6 Å². The first-order valence-corrected chi connectivity index (χ1v) is 11.1. The number of nitrogens with one attached hydrogen (secondary N) is 3. The molecular weight excluding hydrogens is 450 g/mol. The summed E-state index contributed by atoms with van der Waals surface area (Å²) in [6, 6.07) is 5.66. The monoisotopic (exact) mass is 471 g/mol. The highest BCUT2D eigenvalue weighted by atomic mass is 79.9. The molecule has 4 aliphatic rings. The van der Waals surface area contributed by atoms with E-state index < -0.39 is 11.4 Å². The zero-order chi connectivity index (χ0) is 20.5. The molecule has 8 nitrogen and oxygen atoms in total. The van der Waals surface area contributed by atoms with E-state index in [1.165, 1.54) is 12.8 Å². The van der Waals surface area contributed by atoms with E-state index in [1.54, 1.807) is 18.3 Å². The van der Waals surface area contributed by atoms with E-state index in [2.05, 4.69) is 41.5 Å². The first-order chi connectivity index (χ1) is 14.4. The molecule has 3 aromatic rings. The van der Waals surface area contributed by atoms with Gasteiger partial charge in [-0.3, -0.25) is 4.98 Å². The van der Waals surface area contributed by atoms with Crippen LogP contribution in [0.2, 0.25) is 0 Å². The number of H-pyrrole nitrogens is 1. The number of hydrogen-bond donors (Lipinski definition) is 4. The lowest BCUT2D eigenvalue weighted by molar-refractivity contribution is -0.129. The van der Waals surface area contributed by atoms with E-state index in [-0.39, 0.29) is 0 Å². The lowest BCUT2D eigenvalue weighted by Gasteiger charge is -2.58. The largest absolute Gasteiger partial charge is 0.417 e. The molecule has 4 bridgehead atoms. The molecule has 9 heteroatoms. The van der Waals surface area contributed by atoms with Crippen LogP contribution in [0, 0.1) is 17.8 Å². The average Bonchev–Trinajstić information content (AvgIpc) is 3.05. The summed E-state index contributed by atoms with van der Waals surface area (Å²) >= 11 is 3.57. The van der Waals surface area contributed by atoms with E-state index >= 15 is 0 Å². The van der Waals surface area contributed by atoms with Gasteiger partial charge in [-0.25, -0.2) is 9.78 Å². The van der Waals surface area contributed by atoms with Gasteiger partial charge in [-0.15, -0.1) is 0 Å². The highest BCUT2D eigenvalue weighted by Gasteiger charge is 2.54. The van der Waals surface area contributed by atoms with E-state index in [9.17, 15) is 9.90 Å². The quantitative estimate of drug-likeness (QED) is 0.457. The van der Waals surface area contributed by atoms with E-state index in [4.69, 9.17) is 4.42 Å². The zero-order valence-corrected chi connectivity index (χ0v) is 17.8. The van der Waals surface area contributed by atoms with Crippen LogP contribution >= 0.6 is 15.9 Å².